The van der Waals surface area contributed by atoms with Gasteiger partial charge in [0.2, 0.25) is 5.91 Å². The number of rotatable bonds is 5. The molecule has 0 aromatic heterocycles. The minimum atomic E-state index is -0.518. The van der Waals surface area contributed by atoms with Crippen molar-refractivity contribution < 1.29 is 14.3 Å². The minimum absolute atomic E-state index is 0.108. The van der Waals surface area contributed by atoms with Crippen LogP contribution in [0.15, 0.2) is 24.3 Å². The lowest BCUT2D eigenvalue weighted by molar-refractivity contribution is -0.116. The van der Waals surface area contributed by atoms with E-state index < -0.39 is 11.7 Å². The van der Waals surface area contributed by atoms with Gasteiger partial charge in [-0.1, -0.05) is 11.6 Å². The Morgan fingerprint density at radius 3 is 2.38 bits per heavy atom. The summed E-state index contributed by atoms with van der Waals surface area (Å²) in [5, 5.41) is 5.98. The number of halogens is 1. The summed E-state index contributed by atoms with van der Waals surface area (Å²) in [5.41, 5.74) is 0.181. The van der Waals surface area contributed by atoms with Gasteiger partial charge in [-0.05, 0) is 51.5 Å². The molecule has 0 saturated carbocycles. The van der Waals surface area contributed by atoms with Crippen LogP contribution >= 0.6 is 11.6 Å². The van der Waals surface area contributed by atoms with E-state index in [0.29, 0.717) is 30.1 Å². The van der Waals surface area contributed by atoms with E-state index in [1.165, 1.54) is 0 Å². The number of alkyl carbamates (subject to hydrolysis) is 1. The van der Waals surface area contributed by atoms with Crippen molar-refractivity contribution in [3.8, 4) is 0 Å². The van der Waals surface area contributed by atoms with Crippen LogP contribution in [0.25, 0.3) is 0 Å². The predicted octanol–water partition coefficient (Wildman–Crippen LogP) is 3.58. The highest BCUT2D eigenvalue weighted by atomic mass is 35.5. The molecule has 1 aromatic rings. The number of hydrogen-bond donors (Lipinski definition) is 2. The van der Waals surface area contributed by atoms with Crippen LogP contribution in [0, 0.1) is 0 Å². The first-order valence-electron chi connectivity index (χ1n) is 6.78. The lowest BCUT2D eigenvalue weighted by Gasteiger charge is -2.19. The van der Waals surface area contributed by atoms with E-state index in [9.17, 15) is 9.59 Å². The topological polar surface area (TPSA) is 67.4 Å². The molecule has 6 heteroatoms. The Balaban J connectivity index is 2.19. The van der Waals surface area contributed by atoms with Crippen LogP contribution in [0.1, 0.15) is 33.6 Å². The lowest BCUT2D eigenvalue weighted by Crippen LogP contribution is -2.33. The number of benzene rings is 1. The molecule has 1 rings (SSSR count). The molecule has 0 saturated heterocycles. The Labute approximate surface area is 130 Å². The Hall–Kier alpha value is -1.75. The van der Waals surface area contributed by atoms with Gasteiger partial charge in [0.15, 0.2) is 0 Å². The van der Waals surface area contributed by atoms with Crippen molar-refractivity contribution in [3.05, 3.63) is 29.3 Å². The van der Waals surface area contributed by atoms with Gasteiger partial charge in [-0.2, -0.15) is 0 Å². The number of amides is 2. The third kappa shape index (κ3) is 8.19. The Kier molecular flexibility index (Phi) is 6.49. The highest BCUT2D eigenvalue weighted by Gasteiger charge is 2.15. The van der Waals surface area contributed by atoms with E-state index in [1.54, 1.807) is 45.0 Å². The third-order valence-corrected chi connectivity index (χ3v) is 2.63. The van der Waals surface area contributed by atoms with Crippen molar-refractivity contribution in [1.29, 1.82) is 0 Å². The number of carbonyl (C=O) groups excluding carboxylic acids is 2. The fraction of sp³-hybridized carbons (Fsp3) is 0.467. The molecule has 0 heterocycles. The van der Waals surface area contributed by atoms with Crippen molar-refractivity contribution in [2.75, 3.05) is 11.9 Å². The van der Waals surface area contributed by atoms with Crippen molar-refractivity contribution in [2.45, 2.75) is 39.2 Å². The fourth-order valence-electron chi connectivity index (χ4n) is 1.51. The largest absolute Gasteiger partial charge is 0.444 e. The molecule has 0 atom stereocenters. The predicted molar refractivity (Wildman–Crippen MR) is 83.6 cm³/mol. The minimum Gasteiger partial charge on any atom is -0.444 e. The van der Waals surface area contributed by atoms with Gasteiger partial charge in [0, 0.05) is 23.7 Å². The molecule has 5 nitrogen and oxygen atoms in total. The average Bonchev–Trinajstić information content (AvgIpc) is 2.35. The van der Waals surface area contributed by atoms with Gasteiger partial charge in [-0.3, -0.25) is 4.79 Å². The van der Waals surface area contributed by atoms with Gasteiger partial charge in [-0.25, -0.2) is 4.79 Å². The summed E-state index contributed by atoms with van der Waals surface area (Å²) in [7, 11) is 0. The van der Waals surface area contributed by atoms with Crippen LogP contribution in [0.4, 0.5) is 10.5 Å². The zero-order valence-corrected chi connectivity index (χ0v) is 13.3. The molecule has 0 aliphatic carbocycles. The maximum absolute atomic E-state index is 11.7. The normalized spacial score (nSPS) is 10.9. The fourth-order valence-corrected chi connectivity index (χ4v) is 1.64. The van der Waals surface area contributed by atoms with Gasteiger partial charge in [0.1, 0.15) is 5.60 Å². The molecule has 0 spiro atoms. The van der Waals surface area contributed by atoms with Crippen LogP contribution in [-0.2, 0) is 9.53 Å². The first-order chi connectivity index (χ1) is 9.76. The molecular formula is C15H21ClN2O3. The van der Waals surface area contributed by atoms with Crippen LogP contribution in [0.3, 0.4) is 0 Å². The second-order valence-corrected chi connectivity index (χ2v) is 6.02. The molecule has 0 bridgehead atoms. The summed E-state index contributed by atoms with van der Waals surface area (Å²) < 4.78 is 5.09. The summed E-state index contributed by atoms with van der Waals surface area (Å²) in [6.45, 7) is 5.79. The second-order valence-electron chi connectivity index (χ2n) is 5.59. The molecular weight excluding hydrogens is 292 g/mol. The molecule has 21 heavy (non-hydrogen) atoms. The van der Waals surface area contributed by atoms with E-state index in [4.69, 9.17) is 16.3 Å². The quantitative estimate of drug-likeness (QED) is 0.817. The number of anilines is 1. The van der Waals surface area contributed by atoms with Crippen LogP contribution in [0.2, 0.25) is 5.02 Å². The third-order valence-electron chi connectivity index (χ3n) is 2.38. The van der Waals surface area contributed by atoms with E-state index in [1.807, 2.05) is 0 Å². The van der Waals surface area contributed by atoms with Crippen LogP contribution < -0.4 is 10.6 Å². The van der Waals surface area contributed by atoms with Gasteiger partial charge in [-0.15, -0.1) is 0 Å². The number of carbonyl (C=O) groups is 2. The Morgan fingerprint density at radius 1 is 1.19 bits per heavy atom. The molecule has 0 radical (unpaired) electrons. The molecule has 116 valence electrons. The standard InChI is InChI=1S/C15H21ClN2O3/c1-15(2,3)21-14(20)17-10-4-5-13(19)18-12-8-6-11(16)7-9-12/h6-9H,4-5,10H2,1-3H3,(H,17,20)(H,18,19). The zero-order chi connectivity index (χ0) is 15.9. The Morgan fingerprint density at radius 2 is 1.81 bits per heavy atom. The van der Waals surface area contributed by atoms with Crippen molar-refractivity contribution in [2.24, 2.45) is 0 Å². The van der Waals surface area contributed by atoms with E-state index in [0.717, 1.165) is 0 Å². The van der Waals surface area contributed by atoms with E-state index >= 15 is 0 Å². The first-order valence-corrected chi connectivity index (χ1v) is 7.16. The highest BCUT2D eigenvalue weighted by Crippen LogP contribution is 2.13. The van der Waals surface area contributed by atoms with Crippen molar-refractivity contribution in [3.63, 3.8) is 0 Å². The molecule has 0 unspecified atom stereocenters. The maximum atomic E-state index is 11.7. The highest BCUT2D eigenvalue weighted by molar-refractivity contribution is 6.30. The SMILES string of the molecule is CC(C)(C)OC(=O)NCCCC(=O)Nc1ccc(Cl)cc1. The van der Waals surface area contributed by atoms with Gasteiger partial charge in [0.25, 0.3) is 0 Å². The van der Waals surface area contributed by atoms with E-state index in [-0.39, 0.29) is 5.91 Å². The molecule has 0 fully saturated rings. The van der Waals surface area contributed by atoms with Crippen LogP contribution in [-0.4, -0.2) is 24.1 Å². The number of hydrogen-bond acceptors (Lipinski definition) is 3. The summed E-state index contributed by atoms with van der Waals surface area (Å²) in [6.07, 6.45) is 0.387. The first kappa shape index (κ1) is 17.3. The molecule has 2 amide bonds. The van der Waals surface area contributed by atoms with Crippen molar-refractivity contribution >= 4 is 29.3 Å². The van der Waals surface area contributed by atoms with Crippen molar-refractivity contribution in [1.82, 2.24) is 5.32 Å². The zero-order valence-electron chi connectivity index (χ0n) is 12.5. The summed E-state index contributed by atoms with van der Waals surface area (Å²) >= 11 is 5.76. The number of nitrogens with one attached hydrogen (secondary N) is 2. The summed E-state index contributed by atoms with van der Waals surface area (Å²) in [4.78, 5) is 23.1. The molecule has 0 aliphatic rings. The monoisotopic (exact) mass is 312 g/mol. The average molecular weight is 313 g/mol. The van der Waals surface area contributed by atoms with Gasteiger partial charge >= 0.3 is 6.09 Å². The van der Waals surface area contributed by atoms with Crippen LogP contribution in [0.5, 0.6) is 0 Å². The molecule has 1 aromatic carbocycles. The summed E-state index contributed by atoms with van der Waals surface area (Å²) in [5.74, 6) is -0.108. The Bertz CT molecular complexity index is 481. The molecule has 2 N–H and O–H groups in total. The molecule has 0 aliphatic heterocycles. The smallest absolute Gasteiger partial charge is 0.407 e. The van der Waals surface area contributed by atoms with Gasteiger partial charge in [0.05, 0.1) is 0 Å². The summed E-state index contributed by atoms with van der Waals surface area (Å²) in [6, 6.07) is 6.89. The van der Waals surface area contributed by atoms with Gasteiger partial charge < -0.3 is 15.4 Å². The lowest BCUT2D eigenvalue weighted by atomic mass is 10.2. The van der Waals surface area contributed by atoms with E-state index in [2.05, 4.69) is 10.6 Å². The number of ether oxygens (including phenoxy) is 1. The maximum Gasteiger partial charge on any atom is 0.407 e. The second kappa shape index (κ2) is 7.88.